The zero-order chi connectivity index (χ0) is 30.8. The second kappa shape index (κ2) is 14.7. The Morgan fingerprint density at radius 3 is 2.07 bits per heavy atom. The number of hydrogen-bond donors (Lipinski definition) is 0. The number of nitrogens with zero attached hydrogens (tertiary/aromatic N) is 1. The third kappa shape index (κ3) is 8.01. The zero-order valence-electron chi connectivity index (χ0n) is 24.9. The van der Waals surface area contributed by atoms with E-state index < -0.39 is 18.0 Å². The summed E-state index contributed by atoms with van der Waals surface area (Å²) in [6, 6.07) is 33.0. The summed E-state index contributed by atoms with van der Waals surface area (Å²) in [5, 5.41) is 0. The van der Waals surface area contributed by atoms with Crippen LogP contribution in [0.5, 0.6) is 5.75 Å². The van der Waals surface area contributed by atoms with Crippen molar-refractivity contribution in [3.63, 3.8) is 0 Å². The fourth-order valence-electron chi connectivity index (χ4n) is 4.67. The monoisotopic (exact) mass is 575 g/mol. The average molecular weight is 576 g/mol. The Kier molecular flexibility index (Phi) is 10.5. The number of hydrogen-bond acceptors (Lipinski definition) is 6. The second-order valence-electron chi connectivity index (χ2n) is 10.1. The highest BCUT2D eigenvalue weighted by molar-refractivity contribution is 5.87. The minimum atomic E-state index is -0.796. The number of ether oxygens (including phenoxy) is 3. The molecule has 0 spiro atoms. The van der Waals surface area contributed by atoms with Crippen molar-refractivity contribution in [2.75, 3.05) is 18.1 Å². The number of benzene rings is 4. The summed E-state index contributed by atoms with van der Waals surface area (Å²) >= 11 is 0. The Morgan fingerprint density at radius 2 is 1.47 bits per heavy atom. The minimum Gasteiger partial charge on any atom is -0.490 e. The summed E-state index contributed by atoms with van der Waals surface area (Å²) in [5.74, 6) is -0.599. The van der Waals surface area contributed by atoms with Crippen LogP contribution in [0, 0.1) is 6.92 Å². The fraction of sp³-hybridized carbons (Fsp3) is 0.189. The molecule has 0 bridgehead atoms. The lowest BCUT2D eigenvalue weighted by Crippen LogP contribution is -2.30. The molecule has 6 nitrogen and oxygen atoms in total. The molecule has 0 aliphatic rings. The van der Waals surface area contributed by atoms with Crippen molar-refractivity contribution in [2.24, 2.45) is 0 Å². The maximum absolute atomic E-state index is 11.8. The van der Waals surface area contributed by atoms with E-state index in [0.29, 0.717) is 5.75 Å². The lowest BCUT2D eigenvalue weighted by molar-refractivity contribution is -0.154. The molecular weight excluding hydrogens is 538 g/mol. The van der Waals surface area contributed by atoms with Crippen molar-refractivity contribution < 1.29 is 23.8 Å². The van der Waals surface area contributed by atoms with Crippen molar-refractivity contribution in [1.29, 1.82) is 0 Å². The van der Waals surface area contributed by atoms with Crippen LogP contribution >= 0.6 is 0 Å². The highest BCUT2D eigenvalue weighted by Crippen LogP contribution is 2.39. The largest absolute Gasteiger partial charge is 0.490 e. The van der Waals surface area contributed by atoms with Crippen molar-refractivity contribution in [1.82, 2.24) is 0 Å². The summed E-state index contributed by atoms with van der Waals surface area (Å²) in [5.41, 5.74) is 8.24. The van der Waals surface area contributed by atoms with Gasteiger partial charge in [0.05, 0.1) is 5.69 Å². The van der Waals surface area contributed by atoms with Gasteiger partial charge in [-0.2, -0.15) is 0 Å². The van der Waals surface area contributed by atoms with E-state index in [-0.39, 0.29) is 18.8 Å². The van der Waals surface area contributed by atoms with Crippen LogP contribution in [0.25, 0.3) is 11.1 Å². The molecule has 1 unspecified atom stereocenters. The van der Waals surface area contributed by atoms with Crippen molar-refractivity contribution in [3.05, 3.63) is 133 Å². The zero-order valence-corrected chi connectivity index (χ0v) is 24.9. The van der Waals surface area contributed by atoms with Crippen LogP contribution in [0.2, 0.25) is 0 Å². The number of esters is 2. The molecule has 0 saturated heterocycles. The topological polar surface area (TPSA) is 65.1 Å². The first kappa shape index (κ1) is 30.8. The van der Waals surface area contributed by atoms with Gasteiger partial charge in [0.25, 0.3) is 0 Å². The molecule has 0 N–H and O–H groups in total. The van der Waals surface area contributed by atoms with Gasteiger partial charge in [0.1, 0.15) is 19.0 Å². The Hall–Kier alpha value is -5.10. The number of carbonyl (C=O) groups excluding carboxylic acids is 2. The normalized spacial score (nSPS) is 11.2. The van der Waals surface area contributed by atoms with Gasteiger partial charge < -0.3 is 19.1 Å². The van der Waals surface area contributed by atoms with Gasteiger partial charge in [0, 0.05) is 23.0 Å². The molecular formula is C37H37NO5. The summed E-state index contributed by atoms with van der Waals surface area (Å²) in [6.45, 7) is 12.7. The Balaban J connectivity index is 1.50. The van der Waals surface area contributed by atoms with E-state index in [1.807, 2.05) is 30.3 Å². The van der Waals surface area contributed by atoms with Crippen molar-refractivity contribution in [3.8, 4) is 16.9 Å². The molecule has 0 radical (unpaired) electrons. The van der Waals surface area contributed by atoms with E-state index in [2.05, 4.69) is 98.6 Å². The molecule has 4 rings (SSSR count). The third-order valence-electron chi connectivity index (χ3n) is 6.89. The van der Waals surface area contributed by atoms with Gasteiger partial charge in [0.15, 0.2) is 6.10 Å². The summed E-state index contributed by atoms with van der Waals surface area (Å²) in [7, 11) is 0. The molecule has 0 fully saturated rings. The van der Waals surface area contributed by atoms with E-state index in [0.717, 1.165) is 35.0 Å². The van der Waals surface area contributed by atoms with Crippen LogP contribution in [0.4, 0.5) is 17.1 Å². The maximum atomic E-state index is 11.8. The smallest absolute Gasteiger partial charge is 0.333 e. The summed E-state index contributed by atoms with van der Waals surface area (Å²) in [4.78, 5) is 25.8. The molecule has 4 aromatic rings. The molecule has 0 aliphatic carbocycles. The number of anilines is 3. The van der Waals surface area contributed by atoms with Gasteiger partial charge in [-0.1, -0.05) is 80.7 Å². The molecule has 43 heavy (non-hydrogen) atoms. The molecule has 0 amide bonds. The number of rotatable bonds is 13. The average Bonchev–Trinajstić information content (AvgIpc) is 3.04. The molecule has 0 heterocycles. The lowest BCUT2D eigenvalue weighted by Gasteiger charge is -2.29. The summed E-state index contributed by atoms with van der Waals surface area (Å²) in [6.07, 6.45) is 1.19. The van der Waals surface area contributed by atoms with Crippen LogP contribution < -0.4 is 9.64 Å². The van der Waals surface area contributed by atoms with Crippen LogP contribution in [0.1, 0.15) is 25.0 Å². The van der Waals surface area contributed by atoms with Gasteiger partial charge in [0.2, 0.25) is 0 Å². The van der Waals surface area contributed by atoms with E-state index in [1.54, 1.807) is 6.92 Å². The first-order valence-corrected chi connectivity index (χ1v) is 14.2. The van der Waals surface area contributed by atoms with Gasteiger partial charge >= 0.3 is 11.9 Å². The predicted molar refractivity (Wildman–Crippen MR) is 172 cm³/mol. The predicted octanol–water partition coefficient (Wildman–Crippen LogP) is 8.29. The van der Waals surface area contributed by atoms with Crippen molar-refractivity contribution in [2.45, 2.75) is 33.3 Å². The Labute approximate surface area is 253 Å². The highest BCUT2D eigenvalue weighted by atomic mass is 16.6. The first-order valence-electron chi connectivity index (χ1n) is 14.2. The van der Waals surface area contributed by atoms with E-state index >= 15 is 0 Å². The molecule has 4 aromatic carbocycles. The lowest BCUT2D eigenvalue weighted by atomic mass is 10.0. The van der Waals surface area contributed by atoms with Crippen LogP contribution in [-0.4, -0.2) is 31.3 Å². The number of para-hydroxylation sites is 2. The van der Waals surface area contributed by atoms with Crippen LogP contribution in [0.15, 0.2) is 122 Å². The molecule has 0 saturated carbocycles. The Bertz CT molecular complexity index is 1560. The highest BCUT2D eigenvalue weighted by Gasteiger charge is 2.19. The Morgan fingerprint density at radius 1 is 0.837 bits per heavy atom. The van der Waals surface area contributed by atoms with Gasteiger partial charge in [-0.3, -0.25) is 0 Å². The number of carbonyl (C=O) groups is 2. The van der Waals surface area contributed by atoms with Gasteiger partial charge in [-0.05, 0) is 78.9 Å². The third-order valence-corrected chi connectivity index (χ3v) is 6.89. The molecule has 220 valence electrons. The van der Waals surface area contributed by atoms with Gasteiger partial charge in [-0.15, -0.1) is 0 Å². The number of aryl methyl sites for hydroxylation is 2. The molecule has 1 atom stereocenters. The van der Waals surface area contributed by atoms with E-state index in [9.17, 15) is 9.59 Å². The van der Waals surface area contributed by atoms with Gasteiger partial charge in [-0.25, -0.2) is 9.59 Å². The second-order valence-corrected chi connectivity index (χ2v) is 10.1. The minimum absolute atomic E-state index is 0.00503. The first-order chi connectivity index (χ1) is 20.8. The fourth-order valence-corrected chi connectivity index (χ4v) is 4.67. The molecule has 6 heteroatoms. The van der Waals surface area contributed by atoms with E-state index in [4.69, 9.17) is 14.2 Å². The summed E-state index contributed by atoms with van der Waals surface area (Å²) < 4.78 is 16.3. The van der Waals surface area contributed by atoms with Crippen molar-refractivity contribution >= 4 is 29.0 Å². The SMILES string of the molecule is C=CC(=O)OC(COC(=O)C(=C)C)COc1ccc(-c2ccc(N(c3ccccc3)c3c(C)cccc3CC)cc2)cc1. The molecule has 0 aliphatic heterocycles. The maximum Gasteiger partial charge on any atom is 0.333 e. The van der Waals surface area contributed by atoms with Crippen LogP contribution in [0.3, 0.4) is 0 Å². The standard InChI is InChI=1S/C37H37NO5/c1-6-28-13-11-12-27(5)36(28)38(31-14-9-8-10-15-31)32-20-16-29(17-21-32)30-18-22-33(23-19-30)41-24-34(43-35(39)7-2)25-42-37(40)26(3)4/h7-23,34H,2-3,6,24-25H2,1,4-5H3. The van der Waals surface area contributed by atoms with E-state index in [1.165, 1.54) is 16.8 Å². The quantitative estimate of drug-likeness (QED) is 0.118. The van der Waals surface area contributed by atoms with Crippen LogP contribution in [-0.2, 0) is 25.5 Å². The molecule has 0 aromatic heterocycles.